The van der Waals surface area contributed by atoms with Crippen molar-refractivity contribution in [3.63, 3.8) is 0 Å². The molecule has 0 radical (unpaired) electrons. The van der Waals surface area contributed by atoms with E-state index in [1.165, 1.54) is 6.07 Å². The zero-order chi connectivity index (χ0) is 57.1. The van der Waals surface area contributed by atoms with Crippen LogP contribution in [-0.2, 0) is 21.1 Å². The molecule has 4 nitrogen and oxygen atoms in total. The predicted molar refractivity (Wildman–Crippen MR) is 291 cm³/mol. The fourth-order valence-corrected chi connectivity index (χ4v) is 10.3. The molecule has 0 saturated heterocycles. The molecule has 0 amide bonds. The van der Waals surface area contributed by atoms with Gasteiger partial charge in [0.05, 0.1) is 5.58 Å². The average molecular weight is 1120 g/mol. The zero-order valence-corrected chi connectivity index (χ0v) is 43.2. The van der Waals surface area contributed by atoms with Gasteiger partial charge >= 0.3 is 21.1 Å². The fraction of sp³-hybridized carbons (Fsp3) is 0.242. The Morgan fingerprint density at radius 2 is 1.37 bits per heavy atom. The van der Waals surface area contributed by atoms with E-state index >= 15 is 0 Å². The van der Waals surface area contributed by atoms with Crippen molar-refractivity contribution < 1.29 is 43.9 Å². The van der Waals surface area contributed by atoms with Crippen LogP contribution in [0.15, 0.2) is 144 Å². The maximum atomic E-state index is 9.66. The topological polar surface area (TPSA) is 48.2 Å². The largest absolute Gasteiger partial charge is 2.00 e. The van der Waals surface area contributed by atoms with Gasteiger partial charge in [-0.05, 0) is 143 Å². The van der Waals surface area contributed by atoms with Crippen LogP contribution in [0.5, 0.6) is 11.5 Å². The first-order valence-corrected chi connectivity index (χ1v) is 24.0. The molecular formula is C66H60N2O2Pt. The maximum Gasteiger partial charge on any atom is 2.00 e. The number of hydrogen-bond donors (Lipinski definition) is 0. The quantitative estimate of drug-likeness (QED) is 0.142. The van der Waals surface area contributed by atoms with Crippen LogP contribution in [0.4, 0.5) is 0 Å². The van der Waals surface area contributed by atoms with E-state index in [1.54, 1.807) is 36.4 Å². The molecule has 1 aliphatic rings. The van der Waals surface area contributed by atoms with E-state index in [-0.39, 0.29) is 65.8 Å². The number of nitrogens with zero attached hydrogens (tertiary/aromatic N) is 2. The molecule has 10 aromatic rings. The number of aryl methyl sites for hydroxylation is 5. The van der Waals surface area contributed by atoms with E-state index in [9.17, 15) is 1.37 Å². The Kier molecular flexibility index (Phi) is 9.71. The van der Waals surface area contributed by atoms with Crippen LogP contribution >= 0.6 is 0 Å². The molecular weight excluding hydrogens is 1050 g/mol. The number of furan rings is 1. The molecule has 1 saturated carbocycles. The van der Waals surface area contributed by atoms with Crippen LogP contribution in [0.1, 0.15) is 106 Å². The minimum absolute atomic E-state index is 0. The van der Waals surface area contributed by atoms with Gasteiger partial charge < -0.3 is 19.1 Å². The normalized spacial score (nSPS) is 18.9. The maximum absolute atomic E-state index is 9.66. The number of benzene rings is 7. The van der Waals surface area contributed by atoms with E-state index in [0.29, 0.717) is 33.4 Å². The second-order valence-corrected chi connectivity index (χ2v) is 20.4. The van der Waals surface area contributed by atoms with Crippen molar-refractivity contribution in [2.45, 2.75) is 94.2 Å². The summed E-state index contributed by atoms with van der Waals surface area (Å²) < 4.78 is 99.4. The number of aromatic nitrogens is 2. The van der Waals surface area contributed by atoms with Crippen molar-refractivity contribution in [1.29, 1.82) is 0 Å². The Morgan fingerprint density at radius 3 is 2.14 bits per heavy atom. The third-order valence-corrected chi connectivity index (χ3v) is 15.2. The summed E-state index contributed by atoms with van der Waals surface area (Å²) in [5, 5.41) is 3.30. The Balaban J connectivity index is 0.00000736. The molecule has 1 fully saturated rings. The van der Waals surface area contributed by atoms with Gasteiger partial charge in [0, 0.05) is 48.4 Å². The van der Waals surface area contributed by atoms with Crippen LogP contribution in [0.2, 0.25) is 0 Å². The second kappa shape index (κ2) is 18.5. The molecule has 1 atom stereocenters. The summed E-state index contributed by atoms with van der Waals surface area (Å²) in [5.41, 5.74) is 10.6. The van der Waals surface area contributed by atoms with Gasteiger partial charge in [-0.3, -0.25) is 0 Å². The second-order valence-electron chi connectivity index (χ2n) is 20.4. The Labute approximate surface area is 447 Å². The third kappa shape index (κ3) is 8.73. The summed E-state index contributed by atoms with van der Waals surface area (Å²) in [4.78, 5) is 9.44. The molecule has 0 spiro atoms. The Hall–Kier alpha value is -6.61. The molecule has 3 heterocycles. The number of pyridine rings is 2. The SMILES string of the molecule is [2H]C([2H])([2H])c1cnc(-c2[c-]c(Oc3[c-]c(-c4cc(-c5ccc(-c6ccc(C7([2H])CCC(C)(C)C(C)(C)C7)cc6C)cc5C)c(C)cn4)c4oc5c6ccccc6ccc5c4c3)c(C([2H])([2H])[2H])c(-c3ccccc3)c2)cc1C([2H])([2H])[2H].[Pt+2]. The van der Waals surface area contributed by atoms with Gasteiger partial charge in [-0.15, -0.1) is 11.6 Å². The van der Waals surface area contributed by atoms with E-state index in [4.69, 9.17) is 26.5 Å². The van der Waals surface area contributed by atoms with Gasteiger partial charge in [0.15, 0.2) is 0 Å². The molecule has 7 aromatic carbocycles. The standard InChI is InChI=1S/C66H60N2O2.Pt/c1-39-30-60(67-37-42(39)4)50-31-57(45-16-12-11-13-17-45)44(6)62(32-50)69-51-33-58-55-25-20-46-18-14-15-19-54(46)63(55)70-64(58)59(34-51)61-35-56(43(5)38-68-61)53-24-22-48(29-41(53)3)52-23-21-47(28-40(52)2)49-26-27-65(7,8)66(9,10)36-49;/h11-25,28-31,33,35,37-38,49H,26-27,36H2,1-10H3;/q-2;+2/i1D3,4D3,6D3,49D;. The van der Waals surface area contributed by atoms with E-state index in [1.807, 2.05) is 61.7 Å². The summed E-state index contributed by atoms with van der Waals surface area (Å²) in [5.74, 6) is -0.725. The summed E-state index contributed by atoms with van der Waals surface area (Å²) in [6.45, 7) is 7.16. The Bertz CT molecular complexity index is 4100. The zero-order valence-electron chi connectivity index (χ0n) is 50.9. The monoisotopic (exact) mass is 1120 g/mol. The van der Waals surface area contributed by atoms with Gasteiger partial charge in [-0.25, -0.2) is 0 Å². The van der Waals surface area contributed by atoms with Gasteiger partial charge in [-0.1, -0.05) is 196 Å². The number of rotatable bonds is 8. The molecule has 1 aliphatic carbocycles. The van der Waals surface area contributed by atoms with E-state index in [0.717, 1.165) is 86.1 Å². The molecule has 0 aliphatic heterocycles. The third-order valence-electron chi connectivity index (χ3n) is 15.2. The molecule has 0 bridgehead atoms. The molecule has 356 valence electrons. The minimum Gasteiger partial charge on any atom is -0.500 e. The molecule has 1 unspecified atom stereocenters. The van der Waals surface area contributed by atoms with Gasteiger partial charge in [0.2, 0.25) is 0 Å². The number of ether oxygens (including phenoxy) is 1. The van der Waals surface area contributed by atoms with Crippen LogP contribution in [0.3, 0.4) is 0 Å². The number of hydrogen-bond acceptors (Lipinski definition) is 4. The van der Waals surface area contributed by atoms with Gasteiger partial charge in [0.25, 0.3) is 0 Å². The minimum atomic E-state index is -2.82. The average Bonchev–Trinajstić information content (AvgIpc) is 4.09. The Morgan fingerprint density at radius 1 is 0.606 bits per heavy atom. The van der Waals surface area contributed by atoms with Crippen LogP contribution < -0.4 is 4.74 Å². The van der Waals surface area contributed by atoms with Crippen LogP contribution in [0.25, 0.3) is 88.6 Å². The van der Waals surface area contributed by atoms with Crippen molar-refractivity contribution >= 4 is 32.7 Å². The first-order valence-electron chi connectivity index (χ1n) is 29.0. The van der Waals surface area contributed by atoms with E-state index in [2.05, 4.69) is 95.1 Å². The van der Waals surface area contributed by atoms with Crippen LogP contribution in [0, 0.1) is 64.3 Å². The van der Waals surface area contributed by atoms with Gasteiger partial charge in [0.1, 0.15) is 5.58 Å². The first kappa shape index (κ1) is 37.2. The number of fused-ring (bicyclic) bond motifs is 5. The van der Waals surface area contributed by atoms with Gasteiger partial charge in [-0.2, -0.15) is 0 Å². The summed E-state index contributed by atoms with van der Waals surface area (Å²) in [6, 6.07) is 47.0. The summed E-state index contributed by atoms with van der Waals surface area (Å²) >= 11 is 0. The van der Waals surface area contributed by atoms with E-state index < -0.39 is 37.6 Å². The van der Waals surface area contributed by atoms with Crippen molar-refractivity contribution in [1.82, 2.24) is 9.97 Å². The molecule has 3 aromatic heterocycles. The summed E-state index contributed by atoms with van der Waals surface area (Å²) in [6.07, 6.45) is 5.49. The summed E-state index contributed by atoms with van der Waals surface area (Å²) in [7, 11) is 0. The predicted octanol–water partition coefficient (Wildman–Crippen LogP) is 18.4. The molecule has 71 heavy (non-hydrogen) atoms. The van der Waals surface area contributed by atoms with Crippen molar-refractivity contribution in [3.05, 3.63) is 191 Å². The molecule has 5 heteroatoms. The fourth-order valence-electron chi connectivity index (χ4n) is 10.3. The molecule has 11 rings (SSSR count). The first-order chi connectivity index (χ1) is 37.6. The van der Waals surface area contributed by atoms with Crippen LogP contribution in [-0.4, -0.2) is 9.97 Å². The smallest absolute Gasteiger partial charge is 0.500 e. The van der Waals surface area contributed by atoms with Crippen molar-refractivity contribution in [3.8, 4) is 67.4 Å². The van der Waals surface area contributed by atoms with Crippen molar-refractivity contribution in [2.75, 3.05) is 0 Å². The van der Waals surface area contributed by atoms with Crippen molar-refractivity contribution in [2.24, 2.45) is 10.8 Å². The molecule has 0 N–H and O–H groups in total.